The second-order valence-electron chi connectivity index (χ2n) is 9.31. The predicted molar refractivity (Wildman–Crippen MR) is 143 cm³/mol. The zero-order valence-electron chi connectivity index (χ0n) is 20.3. The normalized spacial score (nSPS) is 15.0. The van der Waals surface area contributed by atoms with Gasteiger partial charge in [-0.25, -0.2) is 4.98 Å². The molecule has 2 heterocycles. The molecule has 1 N–H and O–H groups in total. The van der Waals surface area contributed by atoms with Crippen molar-refractivity contribution in [3.05, 3.63) is 89.4 Å². The lowest BCUT2D eigenvalue weighted by molar-refractivity contribution is -0.132. The number of likely N-dealkylation sites (tertiary alicyclic amines) is 1. The van der Waals surface area contributed by atoms with Gasteiger partial charge in [0.15, 0.2) is 6.61 Å². The summed E-state index contributed by atoms with van der Waals surface area (Å²) in [4.78, 5) is 32.7. The Kier molecular flexibility index (Phi) is 7.00. The second-order valence-corrected chi connectivity index (χ2v) is 10.4. The minimum absolute atomic E-state index is 0.00324. The van der Waals surface area contributed by atoms with Crippen molar-refractivity contribution in [2.45, 2.75) is 31.6 Å². The molecule has 5 rings (SSSR count). The van der Waals surface area contributed by atoms with E-state index in [2.05, 4.69) is 11.4 Å². The fourth-order valence-electron chi connectivity index (χ4n) is 4.55. The third-order valence-corrected chi connectivity index (χ3v) is 7.70. The lowest BCUT2D eigenvalue weighted by atomic mass is 9.78. The smallest absolute Gasteiger partial charge is 0.260 e. The highest BCUT2D eigenvalue weighted by Crippen LogP contribution is 2.33. The highest BCUT2D eigenvalue weighted by molar-refractivity contribution is 7.18. The Labute approximate surface area is 214 Å². The molecule has 0 radical (unpaired) electrons. The van der Waals surface area contributed by atoms with E-state index in [-0.39, 0.29) is 18.4 Å². The van der Waals surface area contributed by atoms with E-state index in [0.717, 1.165) is 46.7 Å². The molecule has 1 aliphatic heterocycles. The molecule has 1 unspecified atom stereocenters. The van der Waals surface area contributed by atoms with Gasteiger partial charge in [0.1, 0.15) is 5.75 Å². The second kappa shape index (κ2) is 10.5. The average molecular weight is 500 g/mol. The maximum Gasteiger partial charge on any atom is 0.260 e. The minimum Gasteiger partial charge on any atom is -0.484 e. The van der Waals surface area contributed by atoms with Gasteiger partial charge in [0.05, 0.1) is 20.6 Å². The van der Waals surface area contributed by atoms with Crippen LogP contribution in [0.25, 0.3) is 10.2 Å². The fraction of sp³-hybridized carbons (Fsp3) is 0.276. The Morgan fingerprint density at radius 3 is 2.53 bits per heavy atom. The van der Waals surface area contributed by atoms with Crippen molar-refractivity contribution in [2.75, 3.05) is 25.0 Å². The fourth-order valence-corrected chi connectivity index (χ4v) is 5.68. The molecule has 0 spiro atoms. The predicted octanol–water partition coefficient (Wildman–Crippen LogP) is 5.44. The molecular weight excluding hydrogens is 470 g/mol. The molecule has 1 aliphatic rings. The third-order valence-electron chi connectivity index (χ3n) is 6.67. The number of benzene rings is 3. The summed E-state index contributed by atoms with van der Waals surface area (Å²) in [6, 6.07) is 25.0. The first-order valence-electron chi connectivity index (χ1n) is 12.2. The first-order chi connectivity index (χ1) is 17.5. The molecule has 36 heavy (non-hydrogen) atoms. The number of para-hydroxylation sites is 1. The molecule has 1 atom stereocenters. The number of amides is 2. The van der Waals surface area contributed by atoms with Gasteiger partial charge < -0.3 is 15.0 Å². The maximum absolute atomic E-state index is 13.8. The molecule has 6 nitrogen and oxygen atoms in total. The van der Waals surface area contributed by atoms with Gasteiger partial charge in [-0.2, -0.15) is 0 Å². The summed E-state index contributed by atoms with van der Waals surface area (Å²) in [5.41, 5.74) is 1.65. The summed E-state index contributed by atoms with van der Waals surface area (Å²) in [6.45, 7) is 3.55. The number of hydrogen-bond donors (Lipinski definition) is 1. The molecule has 1 aromatic heterocycles. The van der Waals surface area contributed by atoms with E-state index >= 15 is 0 Å². The van der Waals surface area contributed by atoms with Gasteiger partial charge in [-0.3, -0.25) is 9.59 Å². The van der Waals surface area contributed by atoms with Crippen molar-refractivity contribution in [1.29, 1.82) is 0 Å². The van der Waals surface area contributed by atoms with Crippen LogP contribution in [0, 0.1) is 0 Å². The molecule has 0 aliphatic carbocycles. The van der Waals surface area contributed by atoms with E-state index in [4.69, 9.17) is 9.72 Å². The van der Waals surface area contributed by atoms with Gasteiger partial charge >= 0.3 is 0 Å². The van der Waals surface area contributed by atoms with Crippen LogP contribution in [0.3, 0.4) is 0 Å². The summed E-state index contributed by atoms with van der Waals surface area (Å²) in [5.74, 6) is 0.417. The Morgan fingerprint density at radius 1 is 1.00 bits per heavy atom. The van der Waals surface area contributed by atoms with Crippen molar-refractivity contribution >= 4 is 39.1 Å². The van der Waals surface area contributed by atoms with E-state index in [1.807, 2.05) is 72.5 Å². The summed E-state index contributed by atoms with van der Waals surface area (Å²) < 4.78 is 6.86. The van der Waals surface area contributed by atoms with E-state index in [1.54, 1.807) is 23.5 Å². The van der Waals surface area contributed by atoms with E-state index in [1.165, 1.54) is 0 Å². The van der Waals surface area contributed by atoms with Crippen LogP contribution in [0.15, 0.2) is 78.9 Å². The minimum atomic E-state index is -0.836. The summed E-state index contributed by atoms with van der Waals surface area (Å²) in [6.07, 6.45) is 2.57. The van der Waals surface area contributed by atoms with Crippen LogP contribution < -0.4 is 10.1 Å². The van der Waals surface area contributed by atoms with Crippen molar-refractivity contribution in [3.8, 4) is 5.75 Å². The number of thiazole rings is 1. The number of nitrogens with zero attached hydrogens (tertiary/aromatic N) is 2. The molecule has 184 valence electrons. The standard InChI is InChI=1S/C29H29N3O3S/c1-29(21-10-3-2-4-11-21,19-26-31-24-14-5-6-15-25(24)36-26)28(34)30-22-12-9-13-23(18-22)35-20-27(33)32-16-7-8-17-32/h2-6,9-15,18H,7-8,16-17,19-20H2,1H3,(H,30,34). The first-order valence-corrected chi connectivity index (χ1v) is 13.0. The molecule has 0 bridgehead atoms. The molecule has 4 aromatic rings. The van der Waals surface area contributed by atoms with Crippen LogP contribution >= 0.6 is 11.3 Å². The van der Waals surface area contributed by atoms with Crippen LogP contribution in [0.5, 0.6) is 5.75 Å². The molecule has 0 saturated carbocycles. The van der Waals surface area contributed by atoms with Crippen molar-refractivity contribution in [1.82, 2.24) is 9.88 Å². The van der Waals surface area contributed by atoms with Crippen LogP contribution in [0.2, 0.25) is 0 Å². The summed E-state index contributed by atoms with van der Waals surface area (Å²) >= 11 is 1.62. The number of carbonyl (C=O) groups excluding carboxylic acids is 2. The Hall–Kier alpha value is -3.71. The number of carbonyl (C=O) groups is 2. The molecule has 3 aromatic carbocycles. The number of ether oxygens (including phenoxy) is 1. The van der Waals surface area contributed by atoms with Crippen LogP contribution in [-0.4, -0.2) is 41.4 Å². The van der Waals surface area contributed by atoms with Crippen LogP contribution in [0.4, 0.5) is 5.69 Å². The van der Waals surface area contributed by atoms with Gasteiger partial charge in [0.25, 0.3) is 5.91 Å². The number of hydrogen-bond acceptors (Lipinski definition) is 5. The lowest BCUT2D eigenvalue weighted by Gasteiger charge is -2.28. The Morgan fingerprint density at radius 2 is 1.75 bits per heavy atom. The molecule has 2 amide bonds. The van der Waals surface area contributed by atoms with E-state index in [9.17, 15) is 9.59 Å². The van der Waals surface area contributed by atoms with E-state index in [0.29, 0.717) is 17.9 Å². The topological polar surface area (TPSA) is 71.5 Å². The van der Waals surface area contributed by atoms with Crippen molar-refractivity contribution in [3.63, 3.8) is 0 Å². The van der Waals surface area contributed by atoms with Gasteiger partial charge in [-0.05, 0) is 49.6 Å². The Balaban J connectivity index is 1.34. The van der Waals surface area contributed by atoms with Crippen molar-refractivity contribution < 1.29 is 14.3 Å². The third kappa shape index (κ3) is 5.26. The summed E-state index contributed by atoms with van der Waals surface area (Å²) in [5, 5.41) is 3.99. The molecule has 1 fully saturated rings. The summed E-state index contributed by atoms with van der Waals surface area (Å²) in [7, 11) is 0. The van der Waals surface area contributed by atoms with Crippen LogP contribution in [0.1, 0.15) is 30.3 Å². The SMILES string of the molecule is CC(Cc1nc2ccccc2s1)(C(=O)Nc1cccc(OCC(=O)N2CCCC2)c1)c1ccccc1. The zero-order valence-corrected chi connectivity index (χ0v) is 21.1. The average Bonchev–Trinajstić information content (AvgIpc) is 3.58. The zero-order chi connectivity index (χ0) is 25.0. The van der Waals surface area contributed by atoms with Gasteiger partial charge in [-0.15, -0.1) is 11.3 Å². The number of nitrogens with one attached hydrogen (secondary N) is 1. The number of fused-ring (bicyclic) bond motifs is 1. The van der Waals surface area contributed by atoms with Gasteiger partial charge in [-0.1, -0.05) is 48.5 Å². The highest BCUT2D eigenvalue weighted by atomic mass is 32.1. The van der Waals surface area contributed by atoms with E-state index < -0.39 is 5.41 Å². The van der Waals surface area contributed by atoms with Crippen LogP contribution in [-0.2, 0) is 21.4 Å². The quantitative estimate of drug-likeness (QED) is 0.351. The largest absolute Gasteiger partial charge is 0.484 e. The Bertz CT molecular complexity index is 1330. The lowest BCUT2D eigenvalue weighted by Crippen LogP contribution is -2.39. The molecule has 1 saturated heterocycles. The molecule has 7 heteroatoms. The number of anilines is 1. The maximum atomic E-state index is 13.8. The number of rotatable bonds is 8. The highest BCUT2D eigenvalue weighted by Gasteiger charge is 2.36. The molecular formula is C29H29N3O3S. The number of aromatic nitrogens is 1. The van der Waals surface area contributed by atoms with Gasteiger partial charge in [0.2, 0.25) is 5.91 Å². The monoisotopic (exact) mass is 499 g/mol. The van der Waals surface area contributed by atoms with Crippen molar-refractivity contribution in [2.24, 2.45) is 0 Å². The van der Waals surface area contributed by atoms with Gasteiger partial charge in [0, 0.05) is 31.3 Å². The first kappa shape index (κ1) is 24.0.